The minimum Gasteiger partial charge on any atom is -0.336 e. The fourth-order valence-electron chi connectivity index (χ4n) is 3.08. The molecule has 0 unspecified atom stereocenters. The molecule has 1 heterocycles. The van der Waals surface area contributed by atoms with E-state index in [4.69, 9.17) is 0 Å². The first kappa shape index (κ1) is 16.6. The molecule has 0 saturated heterocycles. The molecule has 23 heavy (non-hydrogen) atoms. The van der Waals surface area contributed by atoms with Crippen molar-refractivity contribution in [2.75, 3.05) is 5.75 Å². The van der Waals surface area contributed by atoms with Gasteiger partial charge in [-0.15, -0.1) is 0 Å². The molecule has 126 valence electrons. The van der Waals surface area contributed by atoms with E-state index in [9.17, 15) is 18.0 Å². The van der Waals surface area contributed by atoms with Gasteiger partial charge < -0.3 is 4.90 Å². The van der Waals surface area contributed by atoms with E-state index in [1.54, 1.807) is 0 Å². The van der Waals surface area contributed by atoms with E-state index in [0.717, 1.165) is 37.9 Å². The molecular weight excluding hydrogens is 325 g/mol. The Morgan fingerprint density at radius 1 is 1.17 bits per heavy atom. The zero-order chi connectivity index (χ0) is 16.4. The predicted molar refractivity (Wildman–Crippen MR) is 82.1 cm³/mol. The molecule has 1 amide bonds. The molecule has 0 spiro atoms. The zero-order valence-corrected chi connectivity index (χ0v) is 13.5. The predicted octanol–water partition coefficient (Wildman–Crippen LogP) is 4.13. The van der Waals surface area contributed by atoms with Crippen molar-refractivity contribution in [2.45, 2.75) is 61.8 Å². The Balaban J connectivity index is 1.57. The third-order valence-corrected chi connectivity index (χ3v) is 5.28. The summed E-state index contributed by atoms with van der Waals surface area (Å²) >= 11 is 1.21. The summed E-state index contributed by atoms with van der Waals surface area (Å²) in [5.74, 6) is 0.330. The van der Waals surface area contributed by atoms with Gasteiger partial charge in [0.1, 0.15) is 0 Å². The molecule has 3 nitrogen and oxygen atoms in total. The SMILES string of the molecule is O=C(CSc1ccc(C(F)(F)F)cn1)N(C1CCCC1)C1CC1. The molecule has 1 aromatic rings. The first-order valence-corrected chi connectivity index (χ1v) is 8.91. The highest BCUT2D eigenvalue weighted by Crippen LogP contribution is 2.35. The van der Waals surface area contributed by atoms with Gasteiger partial charge in [-0.3, -0.25) is 4.79 Å². The minimum atomic E-state index is -4.38. The third kappa shape index (κ3) is 4.19. The van der Waals surface area contributed by atoms with Crippen LogP contribution in [0.25, 0.3) is 0 Å². The van der Waals surface area contributed by atoms with Crippen molar-refractivity contribution in [2.24, 2.45) is 0 Å². The van der Waals surface area contributed by atoms with E-state index in [0.29, 0.717) is 17.1 Å². The highest BCUT2D eigenvalue weighted by molar-refractivity contribution is 7.99. The van der Waals surface area contributed by atoms with Gasteiger partial charge in [0, 0.05) is 18.3 Å². The van der Waals surface area contributed by atoms with Crippen LogP contribution in [0.1, 0.15) is 44.1 Å². The molecule has 3 rings (SSSR count). The molecule has 0 aromatic carbocycles. The van der Waals surface area contributed by atoms with Crippen LogP contribution in [0.2, 0.25) is 0 Å². The van der Waals surface area contributed by atoms with Crippen molar-refractivity contribution >= 4 is 17.7 Å². The number of hydrogen-bond donors (Lipinski definition) is 0. The molecule has 2 aliphatic carbocycles. The molecule has 1 aromatic heterocycles. The summed E-state index contributed by atoms with van der Waals surface area (Å²) in [6, 6.07) is 3.08. The molecule has 2 aliphatic rings. The first-order chi connectivity index (χ1) is 10.9. The Hall–Kier alpha value is -1.24. The number of pyridine rings is 1. The van der Waals surface area contributed by atoms with Crippen LogP contribution in [-0.4, -0.2) is 33.6 Å². The van der Waals surface area contributed by atoms with Crippen molar-refractivity contribution in [1.29, 1.82) is 0 Å². The molecule has 7 heteroatoms. The van der Waals surface area contributed by atoms with Crippen LogP contribution < -0.4 is 0 Å². The van der Waals surface area contributed by atoms with E-state index in [2.05, 4.69) is 4.98 Å². The van der Waals surface area contributed by atoms with Gasteiger partial charge in [0.25, 0.3) is 0 Å². The number of carbonyl (C=O) groups is 1. The standard InChI is InChI=1S/C16H19F3N2OS/c17-16(18,19)11-5-8-14(20-9-11)23-10-15(22)21(13-6-7-13)12-3-1-2-4-12/h5,8-9,12-13H,1-4,6-7,10H2. The number of rotatable bonds is 5. The van der Waals surface area contributed by atoms with Crippen LogP contribution in [0.15, 0.2) is 23.4 Å². The lowest BCUT2D eigenvalue weighted by Gasteiger charge is -2.29. The maximum atomic E-state index is 12.5. The number of alkyl halides is 3. The molecule has 0 bridgehead atoms. The van der Waals surface area contributed by atoms with Crippen molar-refractivity contribution in [3.63, 3.8) is 0 Å². The van der Waals surface area contributed by atoms with Gasteiger partial charge in [-0.25, -0.2) is 4.98 Å². The monoisotopic (exact) mass is 344 g/mol. The second-order valence-electron chi connectivity index (χ2n) is 6.14. The highest BCUT2D eigenvalue weighted by atomic mass is 32.2. The van der Waals surface area contributed by atoms with Crippen molar-refractivity contribution in [1.82, 2.24) is 9.88 Å². The van der Waals surface area contributed by atoms with Crippen molar-refractivity contribution in [3.05, 3.63) is 23.9 Å². The Labute approximate surface area is 137 Å². The molecule has 0 radical (unpaired) electrons. The number of carbonyl (C=O) groups excluding carboxylic acids is 1. The fourth-order valence-corrected chi connectivity index (χ4v) is 3.80. The average Bonchev–Trinajstić information content (AvgIpc) is 3.19. The topological polar surface area (TPSA) is 33.2 Å². The lowest BCUT2D eigenvalue weighted by Crippen LogP contribution is -2.41. The van der Waals surface area contributed by atoms with Gasteiger partial charge in [-0.2, -0.15) is 13.2 Å². The van der Waals surface area contributed by atoms with Gasteiger partial charge in [0.15, 0.2) is 0 Å². The lowest BCUT2D eigenvalue weighted by molar-refractivity contribution is -0.138. The van der Waals surface area contributed by atoms with Gasteiger partial charge >= 0.3 is 6.18 Å². The number of aromatic nitrogens is 1. The van der Waals surface area contributed by atoms with E-state index < -0.39 is 11.7 Å². The summed E-state index contributed by atoms with van der Waals surface area (Å²) in [5.41, 5.74) is -0.765. The minimum absolute atomic E-state index is 0.0890. The van der Waals surface area contributed by atoms with Gasteiger partial charge in [0.2, 0.25) is 5.91 Å². The number of amides is 1. The van der Waals surface area contributed by atoms with Crippen LogP contribution in [0.5, 0.6) is 0 Å². The Morgan fingerprint density at radius 3 is 2.35 bits per heavy atom. The summed E-state index contributed by atoms with van der Waals surface area (Å²) in [6.07, 6.45) is 3.09. The normalized spacial score (nSPS) is 19.1. The number of nitrogens with zero attached hydrogens (tertiary/aromatic N) is 2. The summed E-state index contributed by atoms with van der Waals surface area (Å²) in [5, 5.41) is 0.452. The number of halogens is 3. The van der Waals surface area contributed by atoms with Crippen molar-refractivity contribution in [3.8, 4) is 0 Å². The average molecular weight is 344 g/mol. The van der Waals surface area contributed by atoms with Crippen molar-refractivity contribution < 1.29 is 18.0 Å². The second-order valence-corrected chi connectivity index (χ2v) is 7.14. The van der Waals surface area contributed by atoms with E-state index in [1.807, 2.05) is 4.90 Å². The quantitative estimate of drug-likeness (QED) is 0.753. The summed E-state index contributed by atoms with van der Waals surface area (Å²) in [7, 11) is 0. The zero-order valence-electron chi connectivity index (χ0n) is 12.7. The highest BCUT2D eigenvalue weighted by Gasteiger charge is 2.38. The third-order valence-electron chi connectivity index (χ3n) is 4.35. The van der Waals surface area contributed by atoms with Crippen LogP contribution in [0.4, 0.5) is 13.2 Å². The fraction of sp³-hybridized carbons (Fsp3) is 0.625. The summed E-state index contributed by atoms with van der Waals surface area (Å²) < 4.78 is 37.5. The lowest BCUT2D eigenvalue weighted by atomic mass is 10.2. The molecule has 2 fully saturated rings. The summed E-state index contributed by atoms with van der Waals surface area (Å²) in [6.45, 7) is 0. The molecular formula is C16H19F3N2OS. The molecule has 2 saturated carbocycles. The Morgan fingerprint density at radius 2 is 1.83 bits per heavy atom. The maximum absolute atomic E-state index is 12.5. The van der Waals surface area contributed by atoms with Gasteiger partial charge in [0.05, 0.1) is 16.3 Å². The van der Waals surface area contributed by atoms with Crippen LogP contribution in [0, 0.1) is 0 Å². The van der Waals surface area contributed by atoms with Crippen LogP contribution in [-0.2, 0) is 11.0 Å². The smallest absolute Gasteiger partial charge is 0.336 e. The van der Waals surface area contributed by atoms with E-state index >= 15 is 0 Å². The van der Waals surface area contributed by atoms with Gasteiger partial charge in [-0.05, 0) is 37.8 Å². The second kappa shape index (κ2) is 6.71. The summed E-state index contributed by atoms with van der Waals surface area (Å²) in [4.78, 5) is 18.3. The Kier molecular flexibility index (Phi) is 4.85. The number of thioether (sulfide) groups is 1. The Bertz CT molecular complexity index is 551. The maximum Gasteiger partial charge on any atom is 0.417 e. The molecule has 0 atom stereocenters. The largest absolute Gasteiger partial charge is 0.417 e. The van der Waals surface area contributed by atoms with Crippen LogP contribution in [0.3, 0.4) is 0 Å². The van der Waals surface area contributed by atoms with Crippen LogP contribution >= 0.6 is 11.8 Å². The van der Waals surface area contributed by atoms with E-state index in [1.165, 1.54) is 30.7 Å². The molecule has 0 aliphatic heterocycles. The first-order valence-electron chi connectivity index (χ1n) is 7.92. The van der Waals surface area contributed by atoms with Gasteiger partial charge in [-0.1, -0.05) is 24.6 Å². The van der Waals surface area contributed by atoms with E-state index in [-0.39, 0.29) is 11.7 Å². The molecule has 0 N–H and O–H groups in total. The number of hydrogen-bond acceptors (Lipinski definition) is 3.